The average molecular weight is 504 g/mol. The Morgan fingerprint density at radius 3 is 2.43 bits per heavy atom. The first-order valence-electron chi connectivity index (χ1n) is 11.3. The highest BCUT2D eigenvalue weighted by Crippen LogP contribution is 2.44. The Morgan fingerprint density at radius 1 is 1.11 bits per heavy atom. The summed E-state index contributed by atoms with van der Waals surface area (Å²) in [6, 6.07) is 22.7. The van der Waals surface area contributed by atoms with Gasteiger partial charge >= 0.3 is 5.97 Å². The predicted octanol–water partition coefficient (Wildman–Crippen LogP) is 4.25. The number of pyridine rings is 1. The molecule has 0 bridgehead atoms. The second kappa shape index (κ2) is 10.3. The van der Waals surface area contributed by atoms with Crippen LogP contribution >= 0.6 is 23.5 Å². The zero-order chi connectivity index (χ0) is 24.3. The standard InChI is InChI=1S/C27H25N3O3S2/c28-22-24(31)30-17-27(18-35-25(22)30,13-15-34-21-12-7-14-29-16-21)26(32)33-23(19-8-3-1-4-9-19)20-10-5-2-6-11-20/h1-16,22-23,25H,17-18,28H2/t22?,25-,27?/m1/s1. The molecule has 2 aromatic carbocycles. The molecule has 6 nitrogen and oxygen atoms in total. The molecule has 1 amide bonds. The quantitative estimate of drug-likeness (QED) is 0.293. The fraction of sp³-hybridized carbons (Fsp3) is 0.222. The van der Waals surface area contributed by atoms with E-state index in [1.165, 1.54) is 23.5 Å². The van der Waals surface area contributed by atoms with E-state index in [9.17, 15) is 9.59 Å². The van der Waals surface area contributed by atoms with Gasteiger partial charge in [-0.05, 0) is 28.7 Å². The van der Waals surface area contributed by atoms with Crippen LogP contribution in [0, 0.1) is 5.41 Å². The molecule has 0 aliphatic carbocycles. The summed E-state index contributed by atoms with van der Waals surface area (Å²) in [6.07, 6.45) is 4.81. The van der Waals surface area contributed by atoms with Gasteiger partial charge in [0.05, 0.1) is 0 Å². The van der Waals surface area contributed by atoms with Crippen LogP contribution in [0.15, 0.2) is 102 Å². The number of benzene rings is 2. The number of carbonyl (C=O) groups excluding carboxylic acids is 2. The number of β-lactam (4-membered cyclic amide) rings is 1. The lowest BCUT2D eigenvalue weighted by Gasteiger charge is -2.52. The lowest BCUT2D eigenvalue weighted by molar-refractivity contribution is -0.161. The van der Waals surface area contributed by atoms with E-state index in [2.05, 4.69) is 4.98 Å². The molecule has 0 saturated carbocycles. The fourth-order valence-corrected chi connectivity index (χ4v) is 6.48. The Hall–Kier alpha value is -3.07. The first-order chi connectivity index (χ1) is 17.1. The normalized spacial score (nSPS) is 23.7. The maximum Gasteiger partial charge on any atom is 0.319 e. The lowest BCUT2D eigenvalue weighted by Crippen LogP contribution is -2.72. The minimum absolute atomic E-state index is 0.0955. The van der Waals surface area contributed by atoms with Gasteiger partial charge in [-0.2, -0.15) is 0 Å². The topological polar surface area (TPSA) is 85.5 Å². The summed E-state index contributed by atoms with van der Waals surface area (Å²) in [7, 11) is 0. The van der Waals surface area contributed by atoms with Gasteiger partial charge in [0.2, 0.25) is 5.91 Å². The van der Waals surface area contributed by atoms with Gasteiger partial charge in [0.25, 0.3) is 0 Å². The number of thioether (sulfide) groups is 2. The number of nitrogens with zero attached hydrogens (tertiary/aromatic N) is 2. The largest absolute Gasteiger partial charge is 0.452 e. The van der Waals surface area contributed by atoms with Gasteiger partial charge in [0.1, 0.15) is 16.8 Å². The average Bonchev–Trinajstić information content (AvgIpc) is 2.92. The van der Waals surface area contributed by atoms with Crippen molar-refractivity contribution in [3.8, 4) is 0 Å². The van der Waals surface area contributed by atoms with E-state index in [0.29, 0.717) is 5.75 Å². The molecule has 8 heteroatoms. The predicted molar refractivity (Wildman–Crippen MR) is 138 cm³/mol. The van der Waals surface area contributed by atoms with Crippen molar-refractivity contribution in [2.24, 2.45) is 11.1 Å². The molecule has 3 aromatic rings. The van der Waals surface area contributed by atoms with Gasteiger partial charge in [0, 0.05) is 29.6 Å². The zero-order valence-electron chi connectivity index (χ0n) is 18.9. The van der Waals surface area contributed by atoms with Crippen molar-refractivity contribution in [1.29, 1.82) is 0 Å². The maximum absolute atomic E-state index is 13.9. The molecule has 3 atom stereocenters. The van der Waals surface area contributed by atoms with Crippen LogP contribution < -0.4 is 5.73 Å². The molecule has 3 heterocycles. The van der Waals surface area contributed by atoms with Gasteiger partial charge in [0.15, 0.2) is 6.10 Å². The summed E-state index contributed by atoms with van der Waals surface area (Å²) in [5.74, 6) is -0.0122. The highest BCUT2D eigenvalue weighted by molar-refractivity contribution is 8.02. The van der Waals surface area contributed by atoms with E-state index in [4.69, 9.17) is 10.5 Å². The monoisotopic (exact) mass is 503 g/mol. The number of esters is 1. The number of hydrogen-bond donors (Lipinski definition) is 1. The van der Waals surface area contributed by atoms with E-state index in [-0.39, 0.29) is 23.8 Å². The summed E-state index contributed by atoms with van der Waals surface area (Å²) >= 11 is 3.01. The third-order valence-corrected chi connectivity index (χ3v) is 8.57. The molecule has 2 fully saturated rings. The van der Waals surface area contributed by atoms with E-state index in [1.807, 2.05) is 84.3 Å². The van der Waals surface area contributed by atoms with Gasteiger partial charge in [-0.15, -0.1) is 11.8 Å². The van der Waals surface area contributed by atoms with Crippen LogP contribution in [0.5, 0.6) is 0 Å². The maximum atomic E-state index is 13.9. The molecule has 0 radical (unpaired) electrons. The summed E-state index contributed by atoms with van der Waals surface area (Å²) in [4.78, 5) is 33.2. The molecule has 178 valence electrons. The van der Waals surface area contributed by atoms with Crippen molar-refractivity contribution >= 4 is 35.4 Å². The summed E-state index contributed by atoms with van der Waals surface area (Å²) in [5, 5.41) is 1.80. The van der Waals surface area contributed by atoms with E-state index >= 15 is 0 Å². The zero-order valence-corrected chi connectivity index (χ0v) is 20.5. The van der Waals surface area contributed by atoms with E-state index in [1.54, 1.807) is 17.3 Å². The second-order valence-electron chi connectivity index (χ2n) is 8.57. The van der Waals surface area contributed by atoms with Crippen LogP contribution in [0.2, 0.25) is 0 Å². The molecule has 2 unspecified atom stereocenters. The summed E-state index contributed by atoms with van der Waals surface area (Å²) in [5.41, 5.74) is 6.78. The van der Waals surface area contributed by atoms with E-state index < -0.39 is 17.6 Å². The van der Waals surface area contributed by atoms with Crippen molar-refractivity contribution in [2.45, 2.75) is 22.4 Å². The number of aromatic nitrogens is 1. The molecule has 35 heavy (non-hydrogen) atoms. The summed E-state index contributed by atoms with van der Waals surface area (Å²) < 4.78 is 6.24. The molecular formula is C27H25N3O3S2. The van der Waals surface area contributed by atoms with Gasteiger partial charge < -0.3 is 15.4 Å². The van der Waals surface area contributed by atoms with Crippen LogP contribution in [0.25, 0.3) is 0 Å². The number of amides is 1. The minimum atomic E-state index is -0.992. The Labute approximate surface area is 212 Å². The van der Waals surface area contributed by atoms with Crippen molar-refractivity contribution in [2.75, 3.05) is 12.3 Å². The van der Waals surface area contributed by atoms with Crippen molar-refractivity contribution in [3.05, 3.63) is 108 Å². The lowest BCUT2D eigenvalue weighted by atomic mass is 9.87. The van der Waals surface area contributed by atoms with Gasteiger partial charge in [-0.3, -0.25) is 14.6 Å². The number of ether oxygens (including phenoxy) is 1. The minimum Gasteiger partial charge on any atom is -0.452 e. The molecule has 5 rings (SSSR count). The highest BCUT2D eigenvalue weighted by Gasteiger charge is 2.55. The highest BCUT2D eigenvalue weighted by atomic mass is 32.2. The Bertz CT molecular complexity index is 1170. The molecule has 2 aliphatic rings. The van der Waals surface area contributed by atoms with Crippen LogP contribution in [0.4, 0.5) is 0 Å². The van der Waals surface area contributed by atoms with Crippen LogP contribution in [0.1, 0.15) is 17.2 Å². The molecule has 2 saturated heterocycles. The summed E-state index contributed by atoms with van der Waals surface area (Å²) in [6.45, 7) is 0.246. The number of fused-ring (bicyclic) bond motifs is 1. The first kappa shape index (κ1) is 23.7. The third kappa shape index (κ3) is 4.87. The molecular weight excluding hydrogens is 478 g/mol. The fourth-order valence-electron chi connectivity index (χ4n) is 4.26. The molecule has 1 aromatic heterocycles. The van der Waals surface area contributed by atoms with Gasteiger partial charge in [-0.1, -0.05) is 78.5 Å². The first-order valence-corrected chi connectivity index (χ1v) is 13.2. The van der Waals surface area contributed by atoms with E-state index in [0.717, 1.165) is 16.0 Å². The second-order valence-corrected chi connectivity index (χ2v) is 10.6. The van der Waals surface area contributed by atoms with Crippen LogP contribution in [-0.2, 0) is 14.3 Å². The Morgan fingerprint density at radius 2 is 1.80 bits per heavy atom. The van der Waals surface area contributed by atoms with Gasteiger partial charge in [-0.25, -0.2) is 0 Å². The Kier molecular flexibility index (Phi) is 6.95. The smallest absolute Gasteiger partial charge is 0.319 e. The molecule has 0 spiro atoms. The number of rotatable bonds is 7. The Balaban J connectivity index is 1.44. The molecule has 2 aliphatic heterocycles. The number of nitrogens with two attached hydrogens (primary N) is 1. The third-order valence-electron chi connectivity index (χ3n) is 6.21. The van der Waals surface area contributed by atoms with Crippen LogP contribution in [0.3, 0.4) is 0 Å². The SMILES string of the molecule is NC1C(=O)N2CC(C=CSc3cccnc3)(C(=O)OC(c3ccccc3)c3ccccc3)CS[C@H]12. The van der Waals surface area contributed by atoms with Crippen molar-refractivity contribution in [3.63, 3.8) is 0 Å². The molecule has 2 N–H and O–H groups in total. The number of hydrogen-bond acceptors (Lipinski definition) is 7. The number of carbonyl (C=O) groups is 2. The van der Waals surface area contributed by atoms with Crippen molar-refractivity contribution in [1.82, 2.24) is 9.88 Å². The van der Waals surface area contributed by atoms with Crippen LogP contribution in [-0.4, -0.2) is 45.5 Å². The van der Waals surface area contributed by atoms with Crippen molar-refractivity contribution < 1.29 is 14.3 Å².